The molecule has 1 N–H and O–H groups in total. The molecule has 0 aliphatic heterocycles. The second-order valence-corrected chi connectivity index (χ2v) is 2.55. The van der Waals surface area contributed by atoms with E-state index in [0.717, 1.165) is 0 Å². The van der Waals surface area contributed by atoms with E-state index in [1.807, 2.05) is 0 Å². The van der Waals surface area contributed by atoms with Crippen LogP contribution in [0.5, 0.6) is 5.88 Å². The molecule has 0 amide bonds. The number of ether oxygens (including phenoxy) is 1. The van der Waals surface area contributed by atoms with Gasteiger partial charge in [0.1, 0.15) is 6.33 Å². The van der Waals surface area contributed by atoms with Gasteiger partial charge >= 0.3 is 5.97 Å². The molecule has 0 aliphatic carbocycles. The molecule has 1 aromatic rings. The first kappa shape index (κ1) is 9.44. The van der Waals surface area contributed by atoms with Crippen molar-refractivity contribution in [2.24, 2.45) is 0 Å². The van der Waals surface area contributed by atoms with Gasteiger partial charge in [0, 0.05) is 11.8 Å². The van der Waals surface area contributed by atoms with Crippen LogP contribution in [0.4, 0.5) is 0 Å². The zero-order valence-corrected chi connectivity index (χ0v) is 7.39. The molecule has 1 atom stereocenters. The van der Waals surface area contributed by atoms with E-state index >= 15 is 0 Å². The van der Waals surface area contributed by atoms with E-state index in [-0.39, 0.29) is 0 Å². The summed E-state index contributed by atoms with van der Waals surface area (Å²) in [6.45, 7) is 1.56. The van der Waals surface area contributed by atoms with Gasteiger partial charge in [0.15, 0.2) is 0 Å². The first-order valence-electron chi connectivity index (χ1n) is 3.73. The Morgan fingerprint density at radius 1 is 1.69 bits per heavy atom. The monoisotopic (exact) mass is 182 g/mol. The average molecular weight is 182 g/mol. The third kappa shape index (κ3) is 1.93. The summed E-state index contributed by atoms with van der Waals surface area (Å²) >= 11 is 0. The summed E-state index contributed by atoms with van der Waals surface area (Å²) in [4.78, 5) is 18.2. The van der Waals surface area contributed by atoms with Crippen LogP contribution in [0, 0.1) is 0 Å². The van der Waals surface area contributed by atoms with Crippen molar-refractivity contribution in [2.75, 3.05) is 7.11 Å². The molecule has 0 fully saturated rings. The van der Waals surface area contributed by atoms with Gasteiger partial charge in [-0.05, 0) is 6.92 Å². The number of aromatic nitrogens is 2. The lowest BCUT2D eigenvalue weighted by Crippen LogP contribution is -2.10. The first-order chi connectivity index (χ1) is 6.16. The molecule has 1 heterocycles. The molecule has 1 rings (SSSR count). The number of carboxylic acids is 1. The fraction of sp³-hybridized carbons (Fsp3) is 0.375. The van der Waals surface area contributed by atoms with Crippen LogP contribution in [0.25, 0.3) is 0 Å². The van der Waals surface area contributed by atoms with E-state index in [1.165, 1.54) is 19.6 Å². The Morgan fingerprint density at radius 3 is 2.92 bits per heavy atom. The molecule has 13 heavy (non-hydrogen) atoms. The standard InChI is InChI=1S/C8H10N2O3/c1-5(8(11)12)6-3-9-4-10-7(6)13-2/h3-5H,1-2H3,(H,11,12)/t5-/m1/s1. The molecule has 0 spiro atoms. The van der Waals surface area contributed by atoms with Gasteiger partial charge < -0.3 is 9.84 Å². The molecule has 5 nitrogen and oxygen atoms in total. The second-order valence-electron chi connectivity index (χ2n) is 2.55. The van der Waals surface area contributed by atoms with Gasteiger partial charge in [0.2, 0.25) is 5.88 Å². The fourth-order valence-electron chi connectivity index (χ4n) is 0.930. The maximum absolute atomic E-state index is 10.7. The summed E-state index contributed by atoms with van der Waals surface area (Å²) in [6.07, 6.45) is 2.77. The minimum Gasteiger partial charge on any atom is -0.481 e. The molecular formula is C8H10N2O3. The molecule has 0 saturated heterocycles. The van der Waals surface area contributed by atoms with Gasteiger partial charge in [-0.3, -0.25) is 4.79 Å². The number of aliphatic carboxylic acids is 1. The smallest absolute Gasteiger partial charge is 0.310 e. The first-order valence-corrected chi connectivity index (χ1v) is 3.73. The highest BCUT2D eigenvalue weighted by molar-refractivity contribution is 5.76. The summed E-state index contributed by atoms with van der Waals surface area (Å²) in [7, 11) is 1.44. The van der Waals surface area contributed by atoms with Crippen LogP contribution in [0.15, 0.2) is 12.5 Å². The Balaban J connectivity index is 3.05. The number of nitrogens with zero attached hydrogens (tertiary/aromatic N) is 2. The molecular weight excluding hydrogens is 172 g/mol. The van der Waals surface area contributed by atoms with Gasteiger partial charge in [-0.25, -0.2) is 9.97 Å². The Labute approximate surface area is 75.4 Å². The van der Waals surface area contributed by atoms with Crippen LogP contribution >= 0.6 is 0 Å². The van der Waals surface area contributed by atoms with Gasteiger partial charge in [-0.15, -0.1) is 0 Å². The van der Waals surface area contributed by atoms with E-state index in [4.69, 9.17) is 9.84 Å². The zero-order chi connectivity index (χ0) is 9.84. The fourth-order valence-corrected chi connectivity index (χ4v) is 0.930. The number of rotatable bonds is 3. The maximum Gasteiger partial charge on any atom is 0.310 e. The topological polar surface area (TPSA) is 72.3 Å². The highest BCUT2D eigenvalue weighted by Gasteiger charge is 2.18. The van der Waals surface area contributed by atoms with E-state index in [2.05, 4.69) is 9.97 Å². The molecule has 0 unspecified atom stereocenters. The lowest BCUT2D eigenvalue weighted by Gasteiger charge is -2.08. The van der Waals surface area contributed by atoms with Crippen molar-refractivity contribution in [3.05, 3.63) is 18.1 Å². The Kier molecular flexibility index (Phi) is 2.79. The molecule has 1 aromatic heterocycles. The highest BCUT2D eigenvalue weighted by Crippen LogP contribution is 2.22. The number of carboxylic acid groups (broad SMARTS) is 1. The lowest BCUT2D eigenvalue weighted by molar-refractivity contribution is -0.138. The zero-order valence-electron chi connectivity index (χ0n) is 7.39. The highest BCUT2D eigenvalue weighted by atomic mass is 16.5. The summed E-state index contributed by atoms with van der Waals surface area (Å²) in [5, 5.41) is 8.74. The van der Waals surface area contributed by atoms with Gasteiger partial charge in [0.05, 0.1) is 13.0 Å². The third-order valence-electron chi connectivity index (χ3n) is 1.73. The molecule has 0 radical (unpaired) electrons. The van der Waals surface area contributed by atoms with Crippen molar-refractivity contribution in [3.8, 4) is 5.88 Å². The Morgan fingerprint density at radius 2 is 2.38 bits per heavy atom. The maximum atomic E-state index is 10.7. The van der Waals surface area contributed by atoms with E-state index in [0.29, 0.717) is 11.4 Å². The molecule has 0 bridgehead atoms. The number of hydrogen-bond donors (Lipinski definition) is 1. The molecule has 70 valence electrons. The number of methoxy groups -OCH3 is 1. The van der Waals surface area contributed by atoms with Crippen molar-refractivity contribution >= 4 is 5.97 Å². The predicted octanol–water partition coefficient (Wildman–Crippen LogP) is 0.673. The second kappa shape index (κ2) is 3.84. The molecule has 0 aromatic carbocycles. The van der Waals surface area contributed by atoms with Crippen molar-refractivity contribution in [2.45, 2.75) is 12.8 Å². The van der Waals surface area contributed by atoms with E-state index in [1.54, 1.807) is 6.92 Å². The number of hydrogen-bond acceptors (Lipinski definition) is 4. The van der Waals surface area contributed by atoms with Gasteiger partial charge in [-0.1, -0.05) is 0 Å². The molecule has 0 saturated carbocycles. The van der Waals surface area contributed by atoms with Crippen LogP contribution in [0.1, 0.15) is 18.4 Å². The predicted molar refractivity (Wildman–Crippen MR) is 44.6 cm³/mol. The largest absolute Gasteiger partial charge is 0.481 e. The van der Waals surface area contributed by atoms with Gasteiger partial charge in [0.25, 0.3) is 0 Å². The van der Waals surface area contributed by atoms with Crippen LogP contribution in [0.2, 0.25) is 0 Å². The minimum absolute atomic E-state index is 0.310. The summed E-state index contributed by atoms with van der Waals surface area (Å²) < 4.78 is 4.90. The quantitative estimate of drug-likeness (QED) is 0.743. The summed E-state index contributed by atoms with van der Waals surface area (Å²) in [5.74, 6) is -1.27. The van der Waals surface area contributed by atoms with Crippen molar-refractivity contribution in [1.82, 2.24) is 9.97 Å². The normalized spacial score (nSPS) is 12.2. The molecule has 0 aliphatic rings. The third-order valence-corrected chi connectivity index (χ3v) is 1.73. The van der Waals surface area contributed by atoms with Crippen molar-refractivity contribution in [3.63, 3.8) is 0 Å². The van der Waals surface area contributed by atoms with Crippen molar-refractivity contribution < 1.29 is 14.6 Å². The number of carbonyl (C=O) groups is 1. The minimum atomic E-state index is -0.923. The van der Waals surface area contributed by atoms with Crippen molar-refractivity contribution in [1.29, 1.82) is 0 Å². The average Bonchev–Trinajstić information content (AvgIpc) is 2.16. The Bertz CT molecular complexity index is 314. The van der Waals surface area contributed by atoms with Crippen LogP contribution in [0.3, 0.4) is 0 Å². The van der Waals surface area contributed by atoms with E-state index < -0.39 is 11.9 Å². The van der Waals surface area contributed by atoms with E-state index in [9.17, 15) is 4.79 Å². The van der Waals surface area contributed by atoms with Crippen LogP contribution in [-0.2, 0) is 4.79 Å². The SMILES string of the molecule is COc1ncncc1[C@@H](C)C(=O)O. The molecule has 5 heteroatoms. The van der Waals surface area contributed by atoms with Crippen LogP contribution in [-0.4, -0.2) is 28.2 Å². The Hall–Kier alpha value is -1.65. The lowest BCUT2D eigenvalue weighted by atomic mass is 10.1. The summed E-state index contributed by atoms with van der Waals surface area (Å²) in [6, 6.07) is 0. The summed E-state index contributed by atoms with van der Waals surface area (Å²) in [5.41, 5.74) is 0.484. The van der Waals surface area contributed by atoms with Crippen LogP contribution < -0.4 is 4.74 Å². The van der Waals surface area contributed by atoms with Gasteiger partial charge in [-0.2, -0.15) is 0 Å².